The second-order valence-corrected chi connectivity index (χ2v) is 6.90. The maximum absolute atomic E-state index is 11.9. The van der Waals surface area contributed by atoms with Crippen molar-refractivity contribution in [2.75, 3.05) is 13.2 Å². The first kappa shape index (κ1) is 19.2. The number of hydrogen-bond donors (Lipinski definition) is 1. The van der Waals surface area contributed by atoms with Crippen LogP contribution in [0.15, 0.2) is 48.8 Å². The summed E-state index contributed by atoms with van der Waals surface area (Å²) in [7, 11) is 0. The number of amides is 1. The summed E-state index contributed by atoms with van der Waals surface area (Å²) in [4.78, 5) is 16.3. The summed E-state index contributed by atoms with van der Waals surface area (Å²) in [5.74, 6) is 0.839. The van der Waals surface area contributed by atoms with Crippen LogP contribution in [0.2, 0.25) is 5.02 Å². The van der Waals surface area contributed by atoms with Crippen LogP contribution in [0.3, 0.4) is 0 Å². The third kappa shape index (κ3) is 5.47. The number of carbonyl (C=O) groups excluding carboxylic acids is 1. The Labute approximate surface area is 164 Å². The zero-order valence-corrected chi connectivity index (χ0v) is 16.2. The van der Waals surface area contributed by atoms with E-state index in [0.29, 0.717) is 26.0 Å². The van der Waals surface area contributed by atoms with Gasteiger partial charge in [-0.3, -0.25) is 4.79 Å². The van der Waals surface area contributed by atoms with E-state index >= 15 is 0 Å². The Balaban J connectivity index is 1.30. The lowest BCUT2D eigenvalue weighted by Crippen LogP contribution is -2.25. The predicted octanol–water partition coefficient (Wildman–Crippen LogP) is 4.36. The molecule has 3 rings (SSSR count). The van der Waals surface area contributed by atoms with E-state index in [4.69, 9.17) is 16.3 Å². The molecular formula is C21H24ClN3O2. The van der Waals surface area contributed by atoms with Crippen LogP contribution in [-0.2, 0) is 11.3 Å². The second-order valence-electron chi connectivity index (χ2n) is 6.49. The van der Waals surface area contributed by atoms with Crippen LogP contribution in [0.5, 0.6) is 5.75 Å². The average molecular weight is 386 g/mol. The topological polar surface area (TPSA) is 56.1 Å². The van der Waals surface area contributed by atoms with E-state index in [9.17, 15) is 4.79 Å². The zero-order chi connectivity index (χ0) is 19.1. The molecule has 0 unspecified atom stereocenters. The molecule has 0 aliphatic carbocycles. The summed E-state index contributed by atoms with van der Waals surface area (Å²) in [6.45, 7) is 3.94. The summed E-state index contributed by atoms with van der Waals surface area (Å²) in [5, 5.41) is 3.69. The molecular weight excluding hydrogens is 362 g/mol. The Morgan fingerprint density at radius 3 is 2.93 bits per heavy atom. The van der Waals surface area contributed by atoms with Gasteiger partial charge in [-0.15, -0.1) is 0 Å². The van der Waals surface area contributed by atoms with Gasteiger partial charge < -0.3 is 14.6 Å². The number of imidazole rings is 1. The summed E-state index contributed by atoms with van der Waals surface area (Å²) in [5.41, 5.74) is 3.11. The fourth-order valence-electron chi connectivity index (χ4n) is 2.88. The van der Waals surface area contributed by atoms with Crippen LogP contribution < -0.4 is 10.1 Å². The Hall–Kier alpha value is -2.53. The second kappa shape index (κ2) is 9.42. The number of aryl methyl sites for hydroxylation is 2. The largest absolute Gasteiger partial charge is 0.494 e. The number of nitrogens with one attached hydrogen (secondary N) is 1. The first-order valence-corrected chi connectivity index (χ1v) is 9.57. The molecule has 0 aliphatic rings. The molecule has 0 bridgehead atoms. The van der Waals surface area contributed by atoms with Crippen molar-refractivity contribution >= 4 is 28.5 Å². The van der Waals surface area contributed by atoms with Gasteiger partial charge in [0.15, 0.2) is 0 Å². The van der Waals surface area contributed by atoms with Gasteiger partial charge in [0.05, 0.1) is 24.0 Å². The van der Waals surface area contributed by atoms with Crippen LogP contribution in [-0.4, -0.2) is 28.6 Å². The van der Waals surface area contributed by atoms with Gasteiger partial charge in [0.1, 0.15) is 5.75 Å². The molecule has 0 fully saturated rings. The maximum Gasteiger partial charge on any atom is 0.220 e. The van der Waals surface area contributed by atoms with E-state index in [0.717, 1.165) is 40.3 Å². The average Bonchev–Trinajstić information content (AvgIpc) is 3.08. The third-order valence-corrected chi connectivity index (χ3v) is 4.80. The van der Waals surface area contributed by atoms with Crippen molar-refractivity contribution < 1.29 is 9.53 Å². The summed E-state index contributed by atoms with van der Waals surface area (Å²) in [6, 6.07) is 13.6. The fourth-order valence-corrected chi connectivity index (χ4v) is 3.00. The number of nitrogens with zero attached hydrogens (tertiary/aromatic N) is 2. The van der Waals surface area contributed by atoms with Gasteiger partial charge in [0.2, 0.25) is 5.91 Å². The first-order chi connectivity index (χ1) is 13.1. The summed E-state index contributed by atoms with van der Waals surface area (Å²) >= 11 is 5.99. The van der Waals surface area contributed by atoms with Gasteiger partial charge in [-0.05, 0) is 55.7 Å². The highest BCUT2D eigenvalue weighted by atomic mass is 35.5. The van der Waals surface area contributed by atoms with Crippen molar-refractivity contribution in [1.29, 1.82) is 0 Å². The van der Waals surface area contributed by atoms with Crippen molar-refractivity contribution in [1.82, 2.24) is 14.9 Å². The highest BCUT2D eigenvalue weighted by Crippen LogP contribution is 2.21. The van der Waals surface area contributed by atoms with E-state index in [-0.39, 0.29) is 5.91 Å². The number of halogens is 1. The van der Waals surface area contributed by atoms with Crippen molar-refractivity contribution in [3.8, 4) is 5.75 Å². The molecule has 1 amide bonds. The number of ether oxygens (including phenoxy) is 1. The first-order valence-electron chi connectivity index (χ1n) is 9.19. The van der Waals surface area contributed by atoms with Gasteiger partial charge in [0.25, 0.3) is 0 Å². The molecule has 1 aromatic heterocycles. The Kier molecular flexibility index (Phi) is 6.71. The number of rotatable bonds is 9. The molecule has 0 atom stereocenters. The van der Waals surface area contributed by atoms with Gasteiger partial charge in [0, 0.05) is 24.5 Å². The highest BCUT2D eigenvalue weighted by Gasteiger charge is 2.04. The highest BCUT2D eigenvalue weighted by molar-refractivity contribution is 6.31. The molecule has 3 aromatic rings. The lowest BCUT2D eigenvalue weighted by molar-refractivity contribution is -0.121. The van der Waals surface area contributed by atoms with Crippen LogP contribution in [0.4, 0.5) is 0 Å². The van der Waals surface area contributed by atoms with E-state index in [1.54, 1.807) is 0 Å². The lowest BCUT2D eigenvalue weighted by Gasteiger charge is -2.09. The standard InChI is InChI=1S/C21H24ClN3O2/c1-16-14-17(9-10-18(16)22)27-13-4-8-21(26)23-11-5-12-25-15-24-19-6-2-3-7-20(19)25/h2-3,6-7,9-10,14-15H,4-5,8,11-13H2,1H3,(H,23,26). The molecule has 0 saturated carbocycles. The Bertz CT molecular complexity index is 907. The molecule has 5 nitrogen and oxygen atoms in total. The summed E-state index contributed by atoms with van der Waals surface area (Å²) in [6.07, 6.45) is 3.86. The molecule has 0 spiro atoms. The maximum atomic E-state index is 11.9. The molecule has 1 N–H and O–H groups in total. The van der Waals surface area contributed by atoms with Crippen LogP contribution in [0, 0.1) is 6.92 Å². The smallest absolute Gasteiger partial charge is 0.220 e. The molecule has 0 saturated heterocycles. The molecule has 0 aliphatic heterocycles. The van der Waals surface area contributed by atoms with Crippen LogP contribution in [0.25, 0.3) is 11.0 Å². The molecule has 142 valence electrons. The minimum Gasteiger partial charge on any atom is -0.494 e. The van der Waals surface area contributed by atoms with Crippen molar-refractivity contribution in [3.05, 3.63) is 59.4 Å². The number of aromatic nitrogens is 2. The Morgan fingerprint density at radius 1 is 1.22 bits per heavy atom. The quantitative estimate of drug-likeness (QED) is 0.556. The number of carbonyl (C=O) groups is 1. The number of para-hydroxylation sites is 2. The van der Waals surface area contributed by atoms with Crippen molar-refractivity contribution in [3.63, 3.8) is 0 Å². The van der Waals surface area contributed by atoms with Gasteiger partial charge >= 0.3 is 0 Å². The monoisotopic (exact) mass is 385 g/mol. The van der Waals surface area contributed by atoms with E-state index < -0.39 is 0 Å². The van der Waals surface area contributed by atoms with E-state index in [1.807, 2.05) is 49.6 Å². The van der Waals surface area contributed by atoms with Crippen molar-refractivity contribution in [2.45, 2.75) is 32.7 Å². The molecule has 6 heteroatoms. The SMILES string of the molecule is Cc1cc(OCCCC(=O)NCCCn2cnc3ccccc32)ccc1Cl. The van der Waals surface area contributed by atoms with Crippen LogP contribution in [0.1, 0.15) is 24.8 Å². The summed E-state index contributed by atoms with van der Waals surface area (Å²) < 4.78 is 7.77. The van der Waals surface area contributed by atoms with E-state index in [2.05, 4.69) is 20.9 Å². The molecule has 1 heterocycles. The minimum atomic E-state index is 0.0568. The lowest BCUT2D eigenvalue weighted by atomic mass is 10.2. The van der Waals surface area contributed by atoms with E-state index in [1.165, 1.54) is 0 Å². The number of hydrogen-bond acceptors (Lipinski definition) is 3. The Morgan fingerprint density at radius 2 is 2.07 bits per heavy atom. The minimum absolute atomic E-state index is 0.0568. The molecule has 0 radical (unpaired) electrons. The molecule has 2 aromatic carbocycles. The normalized spacial score (nSPS) is 10.9. The predicted molar refractivity (Wildman–Crippen MR) is 108 cm³/mol. The van der Waals surface area contributed by atoms with Crippen molar-refractivity contribution in [2.24, 2.45) is 0 Å². The van der Waals surface area contributed by atoms with Gasteiger partial charge in [-0.25, -0.2) is 4.98 Å². The van der Waals surface area contributed by atoms with Crippen LogP contribution >= 0.6 is 11.6 Å². The zero-order valence-electron chi connectivity index (χ0n) is 15.5. The van der Waals surface area contributed by atoms with Gasteiger partial charge in [-0.1, -0.05) is 23.7 Å². The fraction of sp³-hybridized carbons (Fsp3) is 0.333. The third-order valence-electron chi connectivity index (χ3n) is 4.37. The number of benzene rings is 2. The van der Waals surface area contributed by atoms with Gasteiger partial charge in [-0.2, -0.15) is 0 Å². The number of fused-ring (bicyclic) bond motifs is 1. The molecule has 27 heavy (non-hydrogen) atoms.